The quantitative estimate of drug-likeness (QED) is 0.711. The average molecular weight is 184 g/mol. The molecule has 0 radical (unpaired) electrons. The minimum atomic E-state index is 0.474. The molecular formula is C8H10ClN3. The largest absolute Gasteiger partial charge is 0.316 e. The van der Waals surface area contributed by atoms with Crippen molar-refractivity contribution in [2.24, 2.45) is 0 Å². The lowest BCUT2D eigenvalue weighted by Gasteiger charge is -2.04. The third-order valence-electron chi connectivity index (χ3n) is 2.07. The predicted octanol–water partition coefficient (Wildman–Crippen LogP) is 1.21. The first-order valence-electron chi connectivity index (χ1n) is 4.04. The second kappa shape index (κ2) is 3.37. The zero-order valence-electron chi connectivity index (χ0n) is 6.63. The highest BCUT2D eigenvalue weighted by Gasteiger charge is 2.18. The van der Waals surface area contributed by atoms with Crippen LogP contribution in [0, 0.1) is 0 Å². The van der Waals surface area contributed by atoms with Crippen molar-refractivity contribution < 1.29 is 0 Å². The number of hydrogen-bond acceptors (Lipinski definition) is 3. The Morgan fingerprint density at radius 2 is 2.17 bits per heavy atom. The average Bonchev–Trinajstić information content (AvgIpc) is 2.58. The Morgan fingerprint density at radius 3 is 2.75 bits per heavy atom. The minimum Gasteiger partial charge on any atom is -0.316 e. The van der Waals surface area contributed by atoms with E-state index in [-0.39, 0.29) is 0 Å². The molecule has 0 bridgehead atoms. The van der Waals surface area contributed by atoms with Crippen LogP contribution in [-0.2, 0) is 0 Å². The van der Waals surface area contributed by atoms with E-state index in [1.807, 2.05) is 0 Å². The van der Waals surface area contributed by atoms with E-state index >= 15 is 0 Å². The topological polar surface area (TPSA) is 37.8 Å². The number of nitrogens with one attached hydrogen (secondary N) is 1. The van der Waals surface area contributed by atoms with Gasteiger partial charge in [-0.15, -0.1) is 0 Å². The highest BCUT2D eigenvalue weighted by Crippen LogP contribution is 2.18. The predicted molar refractivity (Wildman–Crippen MR) is 47.3 cm³/mol. The maximum Gasteiger partial charge on any atom is 0.132 e. The summed E-state index contributed by atoms with van der Waals surface area (Å²) in [5.74, 6) is 1.38. The van der Waals surface area contributed by atoms with E-state index < -0.39 is 0 Å². The number of rotatable bonds is 1. The van der Waals surface area contributed by atoms with Crippen molar-refractivity contribution in [2.45, 2.75) is 12.3 Å². The van der Waals surface area contributed by atoms with Crippen molar-refractivity contribution in [1.29, 1.82) is 0 Å². The summed E-state index contributed by atoms with van der Waals surface area (Å²) in [7, 11) is 0. The summed E-state index contributed by atoms with van der Waals surface area (Å²) >= 11 is 5.68. The molecule has 2 rings (SSSR count). The molecule has 1 aliphatic rings. The highest BCUT2D eigenvalue weighted by molar-refractivity contribution is 6.30. The minimum absolute atomic E-state index is 0.474. The van der Waals surface area contributed by atoms with Gasteiger partial charge in [0.15, 0.2) is 0 Å². The summed E-state index contributed by atoms with van der Waals surface area (Å²) in [6.45, 7) is 2.05. The Morgan fingerprint density at radius 1 is 1.42 bits per heavy atom. The molecule has 1 fully saturated rings. The maximum atomic E-state index is 5.68. The van der Waals surface area contributed by atoms with Crippen molar-refractivity contribution >= 4 is 11.6 Å². The van der Waals surface area contributed by atoms with Crippen LogP contribution in [0.15, 0.2) is 12.4 Å². The van der Waals surface area contributed by atoms with Crippen LogP contribution in [0.4, 0.5) is 0 Å². The van der Waals surface area contributed by atoms with Crippen LogP contribution in [0.3, 0.4) is 0 Å². The van der Waals surface area contributed by atoms with Gasteiger partial charge in [0.05, 0.1) is 5.02 Å². The number of aromatic nitrogens is 2. The second-order valence-electron chi connectivity index (χ2n) is 2.95. The molecule has 0 amide bonds. The lowest BCUT2D eigenvalue weighted by molar-refractivity contribution is 0.701. The molecule has 1 aromatic heterocycles. The summed E-state index contributed by atoms with van der Waals surface area (Å²) < 4.78 is 0. The smallest absolute Gasteiger partial charge is 0.132 e. The van der Waals surface area contributed by atoms with Gasteiger partial charge in [-0.1, -0.05) is 11.6 Å². The van der Waals surface area contributed by atoms with E-state index in [0.717, 1.165) is 25.3 Å². The Bertz CT molecular complexity index is 254. The molecule has 64 valence electrons. The third kappa shape index (κ3) is 1.57. The highest BCUT2D eigenvalue weighted by atomic mass is 35.5. The molecule has 3 nitrogen and oxygen atoms in total. The molecule has 1 N–H and O–H groups in total. The Labute approximate surface area is 76.2 Å². The molecule has 1 aliphatic heterocycles. The van der Waals surface area contributed by atoms with Crippen LogP contribution >= 0.6 is 11.6 Å². The van der Waals surface area contributed by atoms with E-state index in [1.165, 1.54) is 0 Å². The molecule has 1 saturated heterocycles. The van der Waals surface area contributed by atoms with Gasteiger partial charge in [0.2, 0.25) is 0 Å². The molecule has 1 aromatic rings. The SMILES string of the molecule is Clc1cnc(C2CCNC2)nc1. The van der Waals surface area contributed by atoms with E-state index in [0.29, 0.717) is 10.9 Å². The van der Waals surface area contributed by atoms with Crippen LogP contribution in [0.1, 0.15) is 18.2 Å². The van der Waals surface area contributed by atoms with Gasteiger partial charge in [-0.2, -0.15) is 0 Å². The molecule has 1 atom stereocenters. The van der Waals surface area contributed by atoms with Crippen LogP contribution in [0.25, 0.3) is 0 Å². The van der Waals surface area contributed by atoms with Crippen molar-refractivity contribution in [2.75, 3.05) is 13.1 Å². The van der Waals surface area contributed by atoms with Crippen molar-refractivity contribution in [1.82, 2.24) is 15.3 Å². The second-order valence-corrected chi connectivity index (χ2v) is 3.39. The van der Waals surface area contributed by atoms with Crippen LogP contribution in [0.2, 0.25) is 5.02 Å². The van der Waals surface area contributed by atoms with Crippen molar-refractivity contribution in [3.63, 3.8) is 0 Å². The van der Waals surface area contributed by atoms with Crippen molar-refractivity contribution in [3.8, 4) is 0 Å². The van der Waals surface area contributed by atoms with Gasteiger partial charge in [0.25, 0.3) is 0 Å². The van der Waals surface area contributed by atoms with Crippen molar-refractivity contribution in [3.05, 3.63) is 23.2 Å². The van der Waals surface area contributed by atoms with E-state index in [9.17, 15) is 0 Å². The normalized spacial score (nSPS) is 22.9. The first kappa shape index (κ1) is 7.95. The molecule has 0 aromatic carbocycles. The summed E-state index contributed by atoms with van der Waals surface area (Å²) in [6.07, 6.45) is 4.44. The Balaban J connectivity index is 2.17. The molecule has 1 unspecified atom stereocenters. The van der Waals surface area contributed by atoms with Gasteiger partial charge in [-0.05, 0) is 13.0 Å². The Kier molecular flexibility index (Phi) is 2.23. The zero-order chi connectivity index (χ0) is 8.39. The van der Waals surface area contributed by atoms with E-state index in [2.05, 4.69) is 15.3 Å². The van der Waals surface area contributed by atoms with Crippen LogP contribution in [0.5, 0.6) is 0 Å². The third-order valence-corrected chi connectivity index (χ3v) is 2.26. The summed E-state index contributed by atoms with van der Waals surface area (Å²) in [5, 5.41) is 3.87. The lowest BCUT2D eigenvalue weighted by Crippen LogP contribution is -2.09. The molecule has 2 heterocycles. The van der Waals surface area contributed by atoms with Gasteiger partial charge < -0.3 is 5.32 Å². The Hall–Kier alpha value is -0.670. The fourth-order valence-electron chi connectivity index (χ4n) is 1.41. The zero-order valence-corrected chi connectivity index (χ0v) is 7.38. The fourth-order valence-corrected chi connectivity index (χ4v) is 1.51. The van der Waals surface area contributed by atoms with Gasteiger partial charge >= 0.3 is 0 Å². The number of halogens is 1. The first-order valence-corrected chi connectivity index (χ1v) is 4.42. The fraction of sp³-hybridized carbons (Fsp3) is 0.500. The van der Waals surface area contributed by atoms with Gasteiger partial charge in [0, 0.05) is 24.9 Å². The van der Waals surface area contributed by atoms with Gasteiger partial charge in [-0.3, -0.25) is 0 Å². The van der Waals surface area contributed by atoms with E-state index in [4.69, 9.17) is 11.6 Å². The maximum absolute atomic E-state index is 5.68. The van der Waals surface area contributed by atoms with Crippen LogP contribution < -0.4 is 5.32 Å². The lowest BCUT2D eigenvalue weighted by atomic mass is 10.1. The van der Waals surface area contributed by atoms with Gasteiger partial charge in [0.1, 0.15) is 5.82 Å². The molecule has 12 heavy (non-hydrogen) atoms. The summed E-state index contributed by atoms with van der Waals surface area (Å²) in [5.41, 5.74) is 0. The number of nitrogens with zero attached hydrogens (tertiary/aromatic N) is 2. The molecule has 0 spiro atoms. The summed E-state index contributed by atoms with van der Waals surface area (Å²) in [4.78, 5) is 8.35. The monoisotopic (exact) mass is 183 g/mol. The standard InChI is InChI=1S/C8H10ClN3/c9-7-4-11-8(12-5-7)6-1-2-10-3-6/h4-6,10H,1-3H2. The molecular weight excluding hydrogens is 174 g/mol. The molecule has 4 heteroatoms. The van der Waals surface area contributed by atoms with Crippen LogP contribution in [-0.4, -0.2) is 23.1 Å². The molecule has 0 saturated carbocycles. The van der Waals surface area contributed by atoms with E-state index in [1.54, 1.807) is 12.4 Å². The number of hydrogen-bond donors (Lipinski definition) is 1. The van der Waals surface area contributed by atoms with Gasteiger partial charge in [-0.25, -0.2) is 9.97 Å². The molecule has 0 aliphatic carbocycles. The first-order chi connectivity index (χ1) is 5.86. The summed E-state index contributed by atoms with van der Waals surface area (Å²) in [6, 6.07) is 0.